The third-order valence-electron chi connectivity index (χ3n) is 1.38. The van der Waals surface area contributed by atoms with Gasteiger partial charge < -0.3 is 4.74 Å². The van der Waals surface area contributed by atoms with Crippen LogP contribution in [-0.2, 0) is 19.6 Å². The molecule has 0 spiro atoms. The van der Waals surface area contributed by atoms with Crippen LogP contribution in [0.2, 0.25) is 0 Å². The summed E-state index contributed by atoms with van der Waals surface area (Å²) < 4.78 is 28.9. The molecule has 0 saturated carbocycles. The highest BCUT2D eigenvalue weighted by atomic mass is 32.2. The van der Waals surface area contributed by atoms with Crippen LogP contribution in [0.15, 0.2) is 0 Å². The summed E-state index contributed by atoms with van der Waals surface area (Å²) in [5.74, 6) is -0.561. The van der Waals surface area contributed by atoms with Gasteiger partial charge in [-0.3, -0.25) is 4.79 Å². The van der Waals surface area contributed by atoms with Gasteiger partial charge in [-0.1, -0.05) is 6.92 Å². The molecule has 0 radical (unpaired) electrons. The van der Waals surface area contributed by atoms with E-state index in [1.807, 2.05) is 0 Å². The fourth-order valence-corrected chi connectivity index (χ4v) is 2.11. The van der Waals surface area contributed by atoms with Crippen LogP contribution in [0.4, 0.5) is 0 Å². The van der Waals surface area contributed by atoms with Crippen molar-refractivity contribution in [3.8, 4) is 0 Å². The summed E-state index contributed by atoms with van der Waals surface area (Å²) in [7, 11) is -2.12. The molecule has 0 saturated heterocycles. The minimum Gasteiger partial charge on any atom is -0.468 e. The van der Waals surface area contributed by atoms with Crippen molar-refractivity contribution >= 4 is 16.0 Å². The molecule has 0 rings (SSSR count). The molecule has 0 fully saturated rings. The highest BCUT2D eigenvalue weighted by Crippen LogP contribution is 1.93. The maximum absolute atomic E-state index is 11.1. The molecule has 0 aromatic heterocycles. The molecule has 0 aliphatic heterocycles. The quantitative estimate of drug-likeness (QED) is 0.640. The van der Waals surface area contributed by atoms with E-state index in [0.29, 0.717) is 6.42 Å². The number of carbonyl (C=O) groups excluding carboxylic acids is 1. The summed E-state index contributed by atoms with van der Waals surface area (Å²) in [4.78, 5) is 10.8. The van der Waals surface area contributed by atoms with Crippen LogP contribution in [0.1, 0.15) is 20.3 Å². The molecule has 5 nitrogen and oxygen atoms in total. The van der Waals surface area contributed by atoms with Crippen LogP contribution in [0.25, 0.3) is 0 Å². The molecule has 1 N–H and O–H groups in total. The lowest BCUT2D eigenvalue weighted by atomic mass is 10.4. The highest BCUT2D eigenvalue weighted by Gasteiger charge is 2.19. The van der Waals surface area contributed by atoms with Crippen LogP contribution >= 0.6 is 0 Å². The lowest BCUT2D eigenvalue weighted by molar-refractivity contribution is -0.142. The number of nitrogens with one attached hydrogen (secondary N) is 1. The number of carbonyl (C=O) groups is 1. The first-order valence-corrected chi connectivity index (χ1v) is 5.66. The summed E-state index contributed by atoms with van der Waals surface area (Å²) in [5.41, 5.74) is 0. The predicted molar refractivity (Wildman–Crippen MR) is 48.7 cm³/mol. The fourth-order valence-electron chi connectivity index (χ4n) is 0.822. The number of hydrogen-bond acceptors (Lipinski definition) is 4. The van der Waals surface area contributed by atoms with Gasteiger partial charge in [-0.05, 0) is 13.3 Å². The van der Waals surface area contributed by atoms with Crippen LogP contribution in [0.3, 0.4) is 0 Å². The number of methoxy groups -OCH3 is 1. The van der Waals surface area contributed by atoms with Crippen molar-refractivity contribution in [1.82, 2.24) is 4.72 Å². The van der Waals surface area contributed by atoms with Gasteiger partial charge >= 0.3 is 5.97 Å². The molecule has 6 heteroatoms. The average Bonchev–Trinajstić information content (AvgIpc) is 2.01. The van der Waals surface area contributed by atoms with Crippen LogP contribution in [-0.4, -0.2) is 33.3 Å². The van der Waals surface area contributed by atoms with Crippen molar-refractivity contribution in [3.63, 3.8) is 0 Å². The van der Waals surface area contributed by atoms with E-state index in [2.05, 4.69) is 9.46 Å². The summed E-state index contributed by atoms with van der Waals surface area (Å²) in [6.45, 7) is 3.20. The number of rotatable bonds is 5. The zero-order chi connectivity index (χ0) is 10.5. The number of hydrogen-bond donors (Lipinski definition) is 1. The standard InChI is InChI=1S/C7H15NO4S/c1-4-5-13(10,11)8-6(2)7(9)12-3/h6,8H,4-5H2,1-3H3. The van der Waals surface area contributed by atoms with Crippen LogP contribution < -0.4 is 4.72 Å². The zero-order valence-electron chi connectivity index (χ0n) is 8.03. The van der Waals surface area contributed by atoms with Gasteiger partial charge in [-0.15, -0.1) is 0 Å². The number of esters is 1. The molecule has 0 amide bonds. The molecule has 0 heterocycles. The molecular formula is C7H15NO4S. The first kappa shape index (κ1) is 12.4. The molecule has 1 unspecified atom stereocenters. The van der Waals surface area contributed by atoms with Crippen molar-refractivity contribution in [3.05, 3.63) is 0 Å². The summed E-state index contributed by atoms with van der Waals surface area (Å²) in [6, 6.07) is -0.818. The maximum Gasteiger partial charge on any atom is 0.323 e. The Labute approximate surface area is 78.5 Å². The fraction of sp³-hybridized carbons (Fsp3) is 0.857. The second-order valence-electron chi connectivity index (χ2n) is 2.68. The monoisotopic (exact) mass is 209 g/mol. The van der Waals surface area contributed by atoms with E-state index in [9.17, 15) is 13.2 Å². The third kappa shape index (κ3) is 4.84. The smallest absolute Gasteiger partial charge is 0.323 e. The van der Waals surface area contributed by atoms with Gasteiger partial charge in [0.2, 0.25) is 10.0 Å². The third-order valence-corrected chi connectivity index (χ3v) is 3.04. The normalized spacial score (nSPS) is 13.8. The maximum atomic E-state index is 11.1. The Morgan fingerprint density at radius 2 is 2.08 bits per heavy atom. The Morgan fingerprint density at radius 3 is 2.46 bits per heavy atom. The van der Waals surface area contributed by atoms with E-state index in [1.54, 1.807) is 6.92 Å². The predicted octanol–water partition coefficient (Wildman–Crippen LogP) is -0.123. The van der Waals surface area contributed by atoms with Crippen LogP contribution in [0, 0.1) is 0 Å². The SMILES string of the molecule is CCCS(=O)(=O)NC(C)C(=O)OC. The number of ether oxygens (including phenoxy) is 1. The molecule has 0 aromatic rings. The van der Waals surface area contributed by atoms with E-state index in [1.165, 1.54) is 14.0 Å². The molecule has 78 valence electrons. The summed E-state index contributed by atoms with van der Waals surface area (Å²) >= 11 is 0. The average molecular weight is 209 g/mol. The van der Waals surface area contributed by atoms with E-state index in [-0.39, 0.29) is 5.75 Å². The van der Waals surface area contributed by atoms with Crippen molar-refractivity contribution in [2.45, 2.75) is 26.3 Å². The topological polar surface area (TPSA) is 72.5 Å². The minimum atomic E-state index is -3.34. The van der Waals surface area contributed by atoms with Crippen molar-refractivity contribution < 1.29 is 17.9 Å². The van der Waals surface area contributed by atoms with Gasteiger partial charge in [0.25, 0.3) is 0 Å². The van der Waals surface area contributed by atoms with Crippen LogP contribution in [0.5, 0.6) is 0 Å². The minimum absolute atomic E-state index is 0.0222. The summed E-state index contributed by atoms with van der Waals surface area (Å²) in [6.07, 6.45) is 0.517. The largest absolute Gasteiger partial charge is 0.468 e. The Hall–Kier alpha value is -0.620. The van der Waals surface area contributed by atoms with Gasteiger partial charge in [0.1, 0.15) is 6.04 Å². The molecule has 0 bridgehead atoms. The van der Waals surface area contributed by atoms with Crippen molar-refractivity contribution in [2.24, 2.45) is 0 Å². The molecule has 13 heavy (non-hydrogen) atoms. The van der Waals surface area contributed by atoms with E-state index in [4.69, 9.17) is 0 Å². The second kappa shape index (κ2) is 5.18. The van der Waals surface area contributed by atoms with Gasteiger partial charge in [0.15, 0.2) is 0 Å². The Bertz CT molecular complexity index is 260. The molecular weight excluding hydrogens is 194 g/mol. The molecule has 0 aromatic carbocycles. The van der Waals surface area contributed by atoms with Gasteiger partial charge in [-0.25, -0.2) is 13.1 Å². The zero-order valence-corrected chi connectivity index (χ0v) is 8.85. The van der Waals surface area contributed by atoms with Gasteiger partial charge in [0.05, 0.1) is 12.9 Å². The summed E-state index contributed by atoms with van der Waals surface area (Å²) in [5, 5.41) is 0. The Kier molecular flexibility index (Phi) is 4.94. The second-order valence-corrected chi connectivity index (χ2v) is 4.56. The molecule has 0 aliphatic carbocycles. The van der Waals surface area contributed by atoms with E-state index in [0.717, 1.165) is 0 Å². The van der Waals surface area contributed by atoms with Crippen molar-refractivity contribution in [1.29, 1.82) is 0 Å². The van der Waals surface area contributed by atoms with Gasteiger partial charge in [-0.2, -0.15) is 0 Å². The Morgan fingerprint density at radius 1 is 1.54 bits per heavy atom. The first-order chi connectivity index (χ1) is 5.93. The molecule has 1 atom stereocenters. The van der Waals surface area contributed by atoms with E-state index < -0.39 is 22.0 Å². The first-order valence-electron chi connectivity index (χ1n) is 4.00. The highest BCUT2D eigenvalue weighted by molar-refractivity contribution is 7.89. The lowest BCUT2D eigenvalue weighted by Crippen LogP contribution is -2.40. The lowest BCUT2D eigenvalue weighted by Gasteiger charge is -2.10. The van der Waals surface area contributed by atoms with Gasteiger partial charge in [0, 0.05) is 0 Å². The van der Waals surface area contributed by atoms with E-state index >= 15 is 0 Å². The molecule has 0 aliphatic rings. The Balaban J connectivity index is 4.20. The van der Waals surface area contributed by atoms with Crippen molar-refractivity contribution in [2.75, 3.05) is 12.9 Å². The number of sulfonamides is 1.